The molecule has 26 heavy (non-hydrogen) atoms. The number of ether oxygens (including phenoxy) is 2. The minimum Gasteiger partial charge on any atom is -0.486 e. The van der Waals surface area contributed by atoms with Gasteiger partial charge in [0.05, 0.1) is 5.92 Å². The normalized spacial score (nSPS) is 18.7. The number of benzene rings is 2. The number of fused-ring (bicyclic) bond motifs is 1. The van der Waals surface area contributed by atoms with E-state index in [1.807, 2.05) is 0 Å². The molecular formula is C19H17FN2O4. The molecule has 4 rings (SSSR count). The Balaban J connectivity index is 1.44. The molecule has 0 aromatic heterocycles. The highest BCUT2D eigenvalue weighted by molar-refractivity contribution is 6.03. The highest BCUT2D eigenvalue weighted by atomic mass is 19.1. The van der Waals surface area contributed by atoms with Crippen LogP contribution in [0.15, 0.2) is 42.5 Å². The molecule has 0 radical (unpaired) electrons. The predicted molar refractivity (Wildman–Crippen MR) is 92.9 cm³/mol. The van der Waals surface area contributed by atoms with Crippen LogP contribution in [0.5, 0.6) is 11.5 Å². The van der Waals surface area contributed by atoms with Gasteiger partial charge in [-0.2, -0.15) is 0 Å². The van der Waals surface area contributed by atoms with Crippen molar-refractivity contribution >= 4 is 23.2 Å². The topological polar surface area (TPSA) is 67.9 Å². The van der Waals surface area contributed by atoms with Crippen LogP contribution in [0.4, 0.5) is 15.8 Å². The third-order valence-electron chi connectivity index (χ3n) is 4.44. The molecule has 2 aromatic rings. The molecule has 1 atom stereocenters. The SMILES string of the molecule is O=C(Nc1ccc2c(c1)OCCO2)C1CC(=O)N(c2ccc(F)cc2)C1. The Morgan fingerprint density at radius 1 is 1.08 bits per heavy atom. The number of nitrogens with zero attached hydrogens (tertiary/aromatic N) is 1. The second-order valence-electron chi connectivity index (χ2n) is 6.23. The van der Waals surface area contributed by atoms with Crippen LogP contribution in [-0.4, -0.2) is 31.6 Å². The van der Waals surface area contributed by atoms with E-state index >= 15 is 0 Å². The third-order valence-corrected chi connectivity index (χ3v) is 4.44. The Bertz CT molecular complexity index is 853. The lowest BCUT2D eigenvalue weighted by molar-refractivity contribution is -0.122. The van der Waals surface area contributed by atoms with Crippen LogP contribution in [0.2, 0.25) is 0 Å². The molecule has 0 saturated carbocycles. The Kier molecular flexibility index (Phi) is 4.20. The molecule has 0 spiro atoms. The van der Waals surface area contributed by atoms with Crippen molar-refractivity contribution in [1.82, 2.24) is 0 Å². The first-order valence-electron chi connectivity index (χ1n) is 8.36. The van der Waals surface area contributed by atoms with E-state index in [4.69, 9.17) is 9.47 Å². The van der Waals surface area contributed by atoms with Crippen molar-refractivity contribution in [2.75, 3.05) is 30.0 Å². The number of hydrogen-bond donors (Lipinski definition) is 1. The lowest BCUT2D eigenvalue weighted by Gasteiger charge is -2.19. The van der Waals surface area contributed by atoms with Crippen molar-refractivity contribution < 1.29 is 23.5 Å². The quantitative estimate of drug-likeness (QED) is 0.918. The second kappa shape index (κ2) is 6.67. The van der Waals surface area contributed by atoms with Gasteiger partial charge in [-0.25, -0.2) is 4.39 Å². The van der Waals surface area contributed by atoms with Crippen LogP contribution in [0.1, 0.15) is 6.42 Å². The predicted octanol–water partition coefficient (Wildman–Crippen LogP) is 2.59. The summed E-state index contributed by atoms with van der Waals surface area (Å²) in [6.07, 6.45) is 0.119. The monoisotopic (exact) mass is 356 g/mol. The number of nitrogens with one attached hydrogen (secondary N) is 1. The number of hydrogen-bond acceptors (Lipinski definition) is 4. The first-order chi connectivity index (χ1) is 12.6. The maximum atomic E-state index is 13.1. The van der Waals surface area contributed by atoms with Gasteiger partial charge in [-0.3, -0.25) is 9.59 Å². The first kappa shape index (κ1) is 16.4. The van der Waals surface area contributed by atoms with Crippen molar-refractivity contribution in [3.63, 3.8) is 0 Å². The van der Waals surface area contributed by atoms with E-state index in [-0.39, 0.29) is 30.6 Å². The Morgan fingerprint density at radius 3 is 2.58 bits per heavy atom. The van der Waals surface area contributed by atoms with E-state index in [1.165, 1.54) is 29.2 Å². The molecule has 2 aliphatic rings. The zero-order valence-corrected chi connectivity index (χ0v) is 13.9. The molecule has 2 amide bonds. The van der Waals surface area contributed by atoms with Crippen molar-refractivity contribution in [2.24, 2.45) is 5.92 Å². The van der Waals surface area contributed by atoms with Gasteiger partial charge < -0.3 is 19.7 Å². The molecule has 0 aliphatic carbocycles. The van der Waals surface area contributed by atoms with Crippen LogP contribution in [0, 0.1) is 11.7 Å². The number of carbonyl (C=O) groups excluding carboxylic acids is 2. The smallest absolute Gasteiger partial charge is 0.229 e. The fourth-order valence-electron chi connectivity index (χ4n) is 3.12. The minimum absolute atomic E-state index is 0.119. The fraction of sp³-hybridized carbons (Fsp3) is 0.263. The van der Waals surface area contributed by atoms with Crippen LogP contribution in [0.25, 0.3) is 0 Å². The van der Waals surface area contributed by atoms with Crippen LogP contribution >= 0.6 is 0 Å². The Hall–Kier alpha value is -3.09. The summed E-state index contributed by atoms with van der Waals surface area (Å²) in [5.41, 5.74) is 1.18. The second-order valence-corrected chi connectivity index (χ2v) is 6.23. The van der Waals surface area contributed by atoms with E-state index in [0.29, 0.717) is 36.1 Å². The fourth-order valence-corrected chi connectivity index (χ4v) is 3.12. The van der Waals surface area contributed by atoms with Gasteiger partial charge in [0.2, 0.25) is 11.8 Å². The largest absolute Gasteiger partial charge is 0.486 e. The molecule has 6 nitrogen and oxygen atoms in total. The molecule has 2 aliphatic heterocycles. The molecule has 1 unspecified atom stereocenters. The first-order valence-corrected chi connectivity index (χ1v) is 8.36. The van der Waals surface area contributed by atoms with Gasteiger partial charge in [0.25, 0.3) is 0 Å². The molecule has 2 heterocycles. The number of rotatable bonds is 3. The van der Waals surface area contributed by atoms with E-state index in [2.05, 4.69) is 5.32 Å². The highest BCUT2D eigenvalue weighted by Crippen LogP contribution is 2.33. The van der Waals surface area contributed by atoms with E-state index in [9.17, 15) is 14.0 Å². The van der Waals surface area contributed by atoms with Crippen molar-refractivity contribution in [3.8, 4) is 11.5 Å². The van der Waals surface area contributed by atoms with E-state index in [0.717, 1.165) is 0 Å². The lowest BCUT2D eigenvalue weighted by atomic mass is 10.1. The van der Waals surface area contributed by atoms with Crippen molar-refractivity contribution in [1.29, 1.82) is 0 Å². The van der Waals surface area contributed by atoms with Crippen LogP contribution < -0.4 is 19.7 Å². The maximum absolute atomic E-state index is 13.1. The summed E-state index contributed by atoms with van der Waals surface area (Å²) in [6, 6.07) is 10.9. The zero-order chi connectivity index (χ0) is 18.1. The Labute approximate surface area is 149 Å². The summed E-state index contributed by atoms with van der Waals surface area (Å²) in [7, 11) is 0. The molecule has 134 valence electrons. The number of halogens is 1. The molecule has 0 bridgehead atoms. The summed E-state index contributed by atoms with van der Waals surface area (Å²) in [5, 5.41) is 2.82. The summed E-state index contributed by atoms with van der Waals surface area (Å²) < 4.78 is 24.0. The highest BCUT2D eigenvalue weighted by Gasteiger charge is 2.35. The van der Waals surface area contributed by atoms with Crippen molar-refractivity contribution in [3.05, 3.63) is 48.3 Å². The maximum Gasteiger partial charge on any atom is 0.229 e. The molecule has 1 saturated heterocycles. The van der Waals surface area contributed by atoms with E-state index < -0.39 is 5.92 Å². The van der Waals surface area contributed by atoms with Gasteiger partial charge in [-0.15, -0.1) is 0 Å². The van der Waals surface area contributed by atoms with Crippen LogP contribution in [-0.2, 0) is 9.59 Å². The summed E-state index contributed by atoms with van der Waals surface area (Å²) in [5.74, 6) is 0.00453. The van der Waals surface area contributed by atoms with Gasteiger partial charge in [0.1, 0.15) is 19.0 Å². The summed E-state index contributed by atoms with van der Waals surface area (Å²) >= 11 is 0. The standard InChI is InChI=1S/C19H17FN2O4/c20-13-1-4-15(5-2-13)22-11-12(9-18(22)23)19(24)21-14-3-6-16-17(10-14)26-8-7-25-16/h1-6,10,12H,7-9,11H2,(H,21,24). The lowest BCUT2D eigenvalue weighted by Crippen LogP contribution is -2.28. The zero-order valence-electron chi connectivity index (χ0n) is 13.9. The van der Waals surface area contributed by atoms with Crippen LogP contribution in [0.3, 0.4) is 0 Å². The molecule has 1 fully saturated rings. The van der Waals surface area contributed by atoms with Gasteiger partial charge >= 0.3 is 0 Å². The summed E-state index contributed by atoms with van der Waals surface area (Å²) in [4.78, 5) is 26.3. The van der Waals surface area contributed by atoms with Gasteiger partial charge in [-0.1, -0.05) is 0 Å². The van der Waals surface area contributed by atoms with Gasteiger partial charge in [0, 0.05) is 30.4 Å². The van der Waals surface area contributed by atoms with Gasteiger partial charge in [0.15, 0.2) is 11.5 Å². The number of amides is 2. The minimum atomic E-state index is -0.472. The molecule has 2 aromatic carbocycles. The molecule has 1 N–H and O–H groups in total. The third kappa shape index (κ3) is 3.20. The average Bonchev–Trinajstić information content (AvgIpc) is 3.04. The van der Waals surface area contributed by atoms with Crippen molar-refractivity contribution in [2.45, 2.75) is 6.42 Å². The number of anilines is 2. The van der Waals surface area contributed by atoms with E-state index in [1.54, 1.807) is 18.2 Å². The number of carbonyl (C=O) groups is 2. The Morgan fingerprint density at radius 2 is 1.81 bits per heavy atom. The summed E-state index contributed by atoms with van der Waals surface area (Å²) in [6.45, 7) is 1.23. The average molecular weight is 356 g/mol. The van der Waals surface area contributed by atoms with Gasteiger partial charge in [-0.05, 0) is 36.4 Å². The molecule has 7 heteroatoms. The molecular weight excluding hydrogens is 339 g/mol.